The molecule has 12 heteroatoms. The number of likely N-dealkylation sites (tertiary alicyclic amines) is 1. The fourth-order valence-corrected chi connectivity index (χ4v) is 4.41. The molecule has 1 aliphatic heterocycles. The van der Waals surface area contributed by atoms with Gasteiger partial charge in [-0.05, 0) is 55.7 Å². The molecule has 2 aromatic carbocycles. The van der Waals surface area contributed by atoms with Crippen LogP contribution in [-0.2, 0) is 11.0 Å². The molecule has 1 aliphatic rings. The largest absolute Gasteiger partial charge is 0.511 e. The number of carbonyl (C=O) groups is 3. The highest BCUT2D eigenvalue weighted by molar-refractivity contribution is 6.04. The van der Waals surface area contributed by atoms with Crippen LogP contribution in [0.3, 0.4) is 0 Å². The fourth-order valence-electron chi connectivity index (χ4n) is 4.41. The quantitative estimate of drug-likeness (QED) is 0.277. The van der Waals surface area contributed by atoms with Crippen LogP contribution in [0, 0.1) is 0 Å². The Bertz CT molecular complexity index is 1370. The lowest BCUT2D eigenvalue weighted by Gasteiger charge is -2.26. The van der Waals surface area contributed by atoms with E-state index in [-0.39, 0.29) is 35.2 Å². The normalized spacial score (nSPS) is 16.2. The number of amides is 2. The van der Waals surface area contributed by atoms with Crippen molar-refractivity contribution >= 4 is 35.0 Å². The Balaban J connectivity index is 1.81. The van der Waals surface area contributed by atoms with Crippen LogP contribution in [-0.4, -0.2) is 50.6 Å². The number of alkyl halides is 3. The molecule has 1 unspecified atom stereocenters. The summed E-state index contributed by atoms with van der Waals surface area (Å²) in [5, 5.41) is 11.8. The van der Waals surface area contributed by atoms with Gasteiger partial charge >= 0.3 is 12.3 Å². The van der Waals surface area contributed by atoms with Crippen LogP contribution in [0.25, 0.3) is 11.0 Å². The third-order valence-corrected chi connectivity index (χ3v) is 6.05. The highest BCUT2D eigenvalue weighted by Crippen LogP contribution is 2.36. The summed E-state index contributed by atoms with van der Waals surface area (Å²) in [6.07, 6.45) is -3.00. The topological polar surface area (TPSA) is 114 Å². The third kappa shape index (κ3) is 5.57. The zero-order valence-electron chi connectivity index (χ0n) is 19.5. The summed E-state index contributed by atoms with van der Waals surface area (Å²) in [4.78, 5) is 42.8. The van der Waals surface area contributed by atoms with E-state index in [0.29, 0.717) is 31.3 Å². The number of carbonyl (C=O) groups excluding carboxylic acids is 2. The van der Waals surface area contributed by atoms with E-state index >= 15 is 0 Å². The molecule has 0 spiro atoms. The maximum Gasteiger partial charge on any atom is 0.511 e. The number of rotatable bonds is 5. The van der Waals surface area contributed by atoms with Gasteiger partial charge in [-0.2, -0.15) is 13.2 Å². The van der Waals surface area contributed by atoms with E-state index in [1.807, 2.05) is 0 Å². The maximum absolute atomic E-state index is 13.2. The number of hydrogen-bond donors (Lipinski definition) is 2. The fraction of sp³-hybridized carbons (Fsp3) is 0.280. The molecule has 2 amide bonds. The molecule has 9 nitrogen and oxygen atoms in total. The Labute approximate surface area is 209 Å². The van der Waals surface area contributed by atoms with Gasteiger partial charge in [0.15, 0.2) is 5.75 Å². The van der Waals surface area contributed by atoms with Gasteiger partial charge in [-0.3, -0.25) is 14.9 Å². The number of hydrogen-bond acceptors (Lipinski definition) is 5. The predicted octanol–water partition coefficient (Wildman–Crippen LogP) is 5.10. The lowest BCUT2D eigenvalue weighted by molar-refractivity contribution is -0.137. The second-order valence-corrected chi connectivity index (χ2v) is 8.47. The van der Waals surface area contributed by atoms with Crippen LogP contribution in [0.4, 0.5) is 23.9 Å². The van der Waals surface area contributed by atoms with Gasteiger partial charge in [-0.15, -0.1) is 0 Å². The summed E-state index contributed by atoms with van der Waals surface area (Å²) >= 11 is 0. The Morgan fingerprint density at radius 2 is 1.92 bits per heavy atom. The average molecular weight is 516 g/mol. The highest BCUT2D eigenvalue weighted by Gasteiger charge is 2.32. The van der Waals surface area contributed by atoms with Crippen molar-refractivity contribution in [2.24, 2.45) is 0 Å². The molecule has 1 saturated heterocycles. The van der Waals surface area contributed by atoms with Crippen molar-refractivity contribution < 1.29 is 37.4 Å². The molecule has 194 valence electrons. The first-order chi connectivity index (χ1) is 17.6. The number of carboxylic acid groups (broad SMARTS) is 1. The smallest absolute Gasteiger partial charge is 0.449 e. The maximum atomic E-state index is 13.2. The van der Waals surface area contributed by atoms with Crippen molar-refractivity contribution in [3.05, 3.63) is 66.2 Å². The van der Waals surface area contributed by atoms with Gasteiger partial charge in [0.25, 0.3) is 5.91 Å². The number of fused-ring (bicyclic) bond motifs is 1. The molecule has 0 aliphatic carbocycles. The molecule has 1 aromatic heterocycles. The first kappa shape index (κ1) is 25.7. The van der Waals surface area contributed by atoms with E-state index in [1.165, 1.54) is 24.3 Å². The molecule has 0 saturated carbocycles. The number of para-hydroxylation sites is 1. The van der Waals surface area contributed by atoms with Gasteiger partial charge in [0.1, 0.15) is 5.52 Å². The summed E-state index contributed by atoms with van der Waals surface area (Å²) in [6, 6.07) is 8.05. The van der Waals surface area contributed by atoms with Crippen molar-refractivity contribution in [1.82, 2.24) is 14.5 Å². The zero-order chi connectivity index (χ0) is 26.7. The third-order valence-electron chi connectivity index (χ3n) is 6.05. The number of ether oxygens (including phenoxy) is 1. The van der Waals surface area contributed by atoms with Gasteiger partial charge in [-0.1, -0.05) is 18.7 Å². The van der Waals surface area contributed by atoms with Crippen LogP contribution in [0.1, 0.15) is 41.2 Å². The van der Waals surface area contributed by atoms with Crippen molar-refractivity contribution in [2.45, 2.75) is 31.5 Å². The van der Waals surface area contributed by atoms with Crippen LogP contribution in [0.5, 0.6) is 5.75 Å². The summed E-state index contributed by atoms with van der Waals surface area (Å²) < 4.78 is 46.1. The van der Waals surface area contributed by atoms with Crippen LogP contribution in [0.15, 0.2) is 55.1 Å². The molecule has 3 aromatic rings. The second-order valence-electron chi connectivity index (χ2n) is 8.47. The van der Waals surface area contributed by atoms with Crippen LogP contribution >= 0.6 is 0 Å². The molecule has 37 heavy (non-hydrogen) atoms. The molecule has 0 bridgehead atoms. The standard InChI is InChI=1S/C25H23F3N4O5/c1-2-20(33)31-12-4-3-9-17(14-31)32-21-18(10-6-11-19(21)37-24(35)36)29-23(32)30-22(34)15-7-5-8-16(13-15)25(26,27)28/h2,5-8,10-11,13,17H,1,3-4,9,12,14H2,(H,35,36)(H,29,30,34). The summed E-state index contributed by atoms with van der Waals surface area (Å²) in [6.45, 7) is 4.23. The van der Waals surface area contributed by atoms with Crippen molar-refractivity contribution in [3.63, 3.8) is 0 Å². The highest BCUT2D eigenvalue weighted by atomic mass is 19.4. The zero-order valence-corrected chi connectivity index (χ0v) is 19.5. The minimum atomic E-state index is -4.63. The monoisotopic (exact) mass is 516 g/mol. The van der Waals surface area contributed by atoms with E-state index < -0.39 is 29.8 Å². The summed E-state index contributed by atoms with van der Waals surface area (Å²) in [5.41, 5.74) is -0.654. The van der Waals surface area contributed by atoms with Crippen molar-refractivity contribution in [1.29, 1.82) is 0 Å². The van der Waals surface area contributed by atoms with E-state index in [9.17, 15) is 32.7 Å². The number of anilines is 1. The van der Waals surface area contributed by atoms with Crippen molar-refractivity contribution in [3.8, 4) is 5.75 Å². The predicted molar refractivity (Wildman–Crippen MR) is 127 cm³/mol. The molecule has 2 N–H and O–H groups in total. The molecule has 1 fully saturated rings. The van der Waals surface area contributed by atoms with Crippen LogP contribution < -0.4 is 10.1 Å². The van der Waals surface area contributed by atoms with Gasteiger partial charge < -0.3 is 19.3 Å². The molecular formula is C25H23F3N4O5. The van der Waals surface area contributed by atoms with Crippen molar-refractivity contribution in [2.75, 3.05) is 18.4 Å². The average Bonchev–Trinajstić information content (AvgIpc) is 3.04. The number of benzene rings is 2. The number of nitrogens with zero attached hydrogens (tertiary/aromatic N) is 3. The van der Waals surface area contributed by atoms with Gasteiger partial charge in [0.2, 0.25) is 11.9 Å². The summed E-state index contributed by atoms with van der Waals surface area (Å²) in [5.74, 6) is -1.18. The van der Waals surface area contributed by atoms with E-state index in [2.05, 4.69) is 16.9 Å². The Morgan fingerprint density at radius 3 is 2.62 bits per heavy atom. The minimum absolute atomic E-state index is 0.0169. The number of imidazole rings is 1. The van der Waals surface area contributed by atoms with Gasteiger partial charge in [0, 0.05) is 18.7 Å². The molecule has 0 radical (unpaired) electrons. The first-order valence-corrected chi connectivity index (χ1v) is 11.4. The van der Waals surface area contributed by atoms with E-state index in [0.717, 1.165) is 18.2 Å². The minimum Gasteiger partial charge on any atom is -0.449 e. The molecule has 1 atom stereocenters. The van der Waals surface area contributed by atoms with Gasteiger partial charge in [0.05, 0.1) is 17.1 Å². The first-order valence-electron chi connectivity index (χ1n) is 11.4. The lowest BCUT2D eigenvalue weighted by Crippen LogP contribution is -2.34. The van der Waals surface area contributed by atoms with Gasteiger partial charge in [-0.25, -0.2) is 9.78 Å². The Hall–Kier alpha value is -4.35. The van der Waals surface area contributed by atoms with Crippen LogP contribution in [0.2, 0.25) is 0 Å². The number of halogens is 3. The lowest BCUT2D eigenvalue weighted by atomic mass is 10.1. The van der Waals surface area contributed by atoms with E-state index in [4.69, 9.17) is 4.74 Å². The SMILES string of the molecule is C=CC(=O)N1CCCCC(n2c(NC(=O)c3cccc(C(F)(F)F)c3)nc3cccc(OC(=O)O)c32)C1. The molecule has 2 heterocycles. The Morgan fingerprint density at radius 1 is 1.16 bits per heavy atom. The number of aromatic nitrogens is 2. The Kier molecular flexibility index (Phi) is 7.18. The molecular weight excluding hydrogens is 493 g/mol. The second kappa shape index (κ2) is 10.3. The number of nitrogens with one attached hydrogen (secondary N) is 1. The summed E-state index contributed by atoms with van der Waals surface area (Å²) in [7, 11) is 0. The molecule has 4 rings (SSSR count). The van der Waals surface area contributed by atoms with E-state index in [1.54, 1.807) is 15.5 Å².